The number of carbonyl (C=O) groups excluding carboxylic acids is 1. The van der Waals surface area contributed by atoms with Crippen molar-refractivity contribution in [3.8, 4) is 0 Å². The minimum absolute atomic E-state index is 0.00266. The molecule has 0 spiro atoms. The topological polar surface area (TPSA) is 45.7 Å². The van der Waals surface area contributed by atoms with Crippen LogP contribution in [0, 0.1) is 13.8 Å². The van der Waals surface area contributed by atoms with E-state index in [-0.39, 0.29) is 11.9 Å². The Morgan fingerprint density at radius 2 is 1.95 bits per heavy atom. The highest BCUT2D eigenvalue weighted by atomic mass is 35.5. The maximum atomic E-state index is 12.0. The summed E-state index contributed by atoms with van der Waals surface area (Å²) in [4.78, 5) is 12.0. The summed E-state index contributed by atoms with van der Waals surface area (Å²) in [5.74, 6) is -0.00266. The first-order valence-corrected chi connectivity index (χ1v) is 7.79. The Hall–Kier alpha value is -1.84. The van der Waals surface area contributed by atoms with E-state index in [4.69, 9.17) is 11.6 Å². The van der Waals surface area contributed by atoms with Gasteiger partial charge in [-0.3, -0.25) is 4.79 Å². The number of rotatable bonds is 5. The van der Waals surface area contributed by atoms with Gasteiger partial charge in [-0.05, 0) is 56.2 Å². The molecular formula is C18H22ClN2O+. The van der Waals surface area contributed by atoms with E-state index in [2.05, 4.69) is 19.2 Å². The van der Waals surface area contributed by atoms with E-state index in [9.17, 15) is 4.79 Å². The molecule has 0 aliphatic heterocycles. The Balaban J connectivity index is 1.88. The van der Waals surface area contributed by atoms with Crippen molar-refractivity contribution in [3.63, 3.8) is 0 Å². The second-order valence-electron chi connectivity index (χ2n) is 5.63. The Bertz CT molecular complexity index is 670. The van der Waals surface area contributed by atoms with Crippen molar-refractivity contribution in [1.29, 1.82) is 0 Å². The average molecular weight is 318 g/mol. The van der Waals surface area contributed by atoms with Crippen molar-refractivity contribution in [1.82, 2.24) is 0 Å². The quantitative estimate of drug-likeness (QED) is 0.874. The molecule has 0 aromatic heterocycles. The summed E-state index contributed by atoms with van der Waals surface area (Å²) in [6.07, 6.45) is 0. The zero-order valence-electron chi connectivity index (χ0n) is 13.2. The number of quaternary nitrogens is 1. The molecular weight excluding hydrogens is 296 g/mol. The van der Waals surface area contributed by atoms with Crippen LogP contribution >= 0.6 is 11.6 Å². The largest absolute Gasteiger partial charge is 0.333 e. The molecule has 3 N–H and O–H groups in total. The minimum atomic E-state index is -0.00266. The fourth-order valence-electron chi connectivity index (χ4n) is 2.24. The number of halogens is 1. The molecule has 0 unspecified atom stereocenters. The molecule has 1 amide bonds. The van der Waals surface area contributed by atoms with Crippen molar-refractivity contribution >= 4 is 23.2 Å². The van der Waals surface area contributed by atoms with Gasteiger partial charge in [0.25, 0.3) is 5.91 Å². The van der Waals surface area contributed by atoms with E-state index in [1.165, 1.54) is 11.1 Å². The van der Waals surface area contributed by atoms with Gasteiger partial charge in [-0.2, -0.15) is 0 Å². The van der Waals surface area contributed by atoms with Gasteiger partial charge in [-0.25, -0.2) is 0 Å². The van der Waals surface area contributed by atoms with E-state index >= 15 is 0 Å². The van der Waals surface area contributed by atoms with Gasteiger partial charge in [-0.15, -0.1) is 0 Å². The van der Waals surface area contributed by atoms with Crippen molar-refractivity contribution in [2.24, 2.45) is 0 Å². The zero-order valence-corrected chi connectivity index (χ0v) is 13.9. The van der Waals surface area contributed by atoms with Gasteiger partial charge in [0.15, 0.2) is 6.54 Å². The van der Waals surface area contributed by atoms with Gasteiger partial charge in [0.05, 0.1) is 0 Å². The average Bonchev–Trinajstić information content (AvgIpc) is 2.48. The van der Waals surface area contributed by atoms with Gasteiger partial charge < -0.3 is 10.6 Å². The molecule has 0 heterocycles. The molecule has 0 radical (unpaired) electrons. The second kappa shape index (κ2) is 7.43. The summed E-state index contributed by atoms with van der Waals surface area (Å²) in [7, 11) is 0. The fourth-order valence-corrected chi connectivity index (χ4v) is 2.44. The fraction of sp³-hybridized carbons (Fsp3) is 0.278. The first-order valence-electron chi connectivity index (χ1n) is 7.41. The van der Waals surface area contributed by atoms with E-state index < -0.39 is 0 Å². The monoisotopic (exact) mass is 317 g/mol. The summed E-state index contributed by atoms with van der Waals surface area (Å²) < 4.78 is 0. The van der Waals surface area contributed by atoms with Gasteiger partial charge in [0, 0.05) is 16.3 Å². The Morgan fingerprint density at radius 1 is 1.18 bits per heavy atom. The van der Waals surface area contributed by atoms with Crippen LogP contribution in [0.25, 0.3) is 0 Å². The molecule has 0 saturated carbocycles. The number of nitrogens with two attached hydrogens (primary N) is 1. The van der Waals surface area contributed by atoms with E-state index in [0.717, 1.165) is 16.3 Å². The molecule has 0 aliphatic rings. The third kappa shape index (κ3) is 4.58. The van der Waals surface area contributed by atoms with Crippen LogP contribution in [0.1, 0.15) is 29.7 Å². The molecule has 0 bridgehead atoms. The smallest absolute Gasteiger partial charge is 0.279 e. The minimum Gasteiger partial charge on any atom is -0.333 e. The van der Waals surface area contributed by atoms with Gasteiger partial charge in [0.1, 0.15) is 6.04 Å². The van der Waals surface area contributed by atoms with Crippen molar-refractivity contribution < 1.29 is 10.1 Å². The van der Waals surface area contributed by atoms with E-state index in [1.54, 1.807) is 0 Å². The first-order chi connectivity index (χ1) is 10.5. The van der Waals surface area contributed by atoms with Crippen LogP contribution < -0.4 is 10.6 Å². The summed E-state index contributed by atoms with van der Waals surface area (Å²) in [6.45, 7) is 6.54. The van der Waals surface area contributed by atoms with Crippen molar-refractivity contribution in [2.75, 3.05) is 11.9 Å². The molecule has 0 saturated heterocycles. The highest BCUT2D eigenvalue weighted by Crippen LogP contribution is 2.15. The lowest BCUT2D eigenvalue weighted by molar-refractivity contribution is -0.682. The highest BCUT2D eigenvalue weighted by molar-refractivity contribution is 6.30. The Morgan fingerprint density at radius 3 is 2.64 bits per heavy atom. The predicted molar refractivity (Wildman–Crippen MR) is 91.2 cm³/mol. The number of amides is 1. The molecule has 0 fully saturated rings. The lowest BCUT2D eigenvalue weighted by Gasteiger charge is -2.12. The van der Waals surface area contributed by atoms with Crippen molar-refractivity contribution in [2.45, 2.75) is 26.8 Å². The summed E-state index contributed by atoms with van der Waals surface area (Å²) in [5, 5.41) is 5.65. The third-order valence-corrected chi connectivity index (χ3v) is 4.06. The number of benzene rings is 2. The molecule has 3 nitrogen and oxygen atoms in total. The number of nitrogens with one attached hydrogen (secondary N) is 1. The molecule has 116 valence electrons. The van der Waals surface area contributed by atoms with Gasteiger partial charge in [-0.1, -0.05) is 29.8 Å². The number of hydrogen-bond acceptors (Lipinski definition) is 1. The normalized spacial score (nSPS) is 12.0. The van der Waals surface area contributed by atoms with E-state index in [0.29, 0.717) is 6.54 Å². The molecule has 2 aromatic carbocycles. The van der Waals surface area contributed by atoms with Gasteiger partial charge >= 0.3 is 0 Å². The van der Waals surface area contributed by atoms with Crippen LogP contribution in [0.15, 0.2) is 42.5 Å². The molecule has 4 heteroatoms. The van der Waals surface area contributed by atoms with Crippen LogP contribution in [0.3, 0.4) is 0 Å². The predicted octanol–water partition coefficient (Wildman–Crippen LogP) is 3.22. The number of aryl methyl sites for hydroxylation is 2. The highest BCUT2D eigenvalue weighted by Gasteiger charge is 2.12. The van der Waals surface area contributed by atoms with Crippen LogP contribution in [-0.2, 0) is 4.79 Å². The lowest BCUT2D eigenvalue weighted by Crippen LogP contribution is -2.86. The number of carbonyl (C=O) groups is 1. The molecule has 1 atom stereocenters. The van der Waals surface area contributed by atoms with Crippen LogP contribution in [0.4, 0.5) is 5.69 Å². The number of anilines is 1. The van der Waals surface area contributed by atoms with Crippen LogP contribution in [0.5, 0.6) is 0 Å². The van der Waals surface area contributed by atoms with Gasteiger partial charge in [0.2, 0.25) is 0 Å². The zero-order chi connectivity index (χ0) is 16.1. The lowest BCUT2D eigenvalue weighted by atomic mass is 10.1. The molecule has 2 aromatic rings. The third-order valence-electron chi connectivity index (χ3n) is 3.82. The van der Waals surface area contributed by atoms with Crippen molar-refractivity contribution in [3.05, 3.63) is 64.2 Å². The summed E-state index contributed by atoms with van der Waals surface area (Å²) >= 11 is 5.99. The maximum absolute atomic E-state index is 12.0. The number of hydrogen-bond donors (Lipinski definition) is 2. The molecule has 0 aliphatic carbocycles. The molecule has 2 rings (SSSR count). The van der Waals surface area contributed by atoms with E-state index in [1.807, 2.05) is 54.7 Å². The summed E-state index contributed by atoms with van der Waals surface area (Å²) in [5.41, 5.74) is 4.36. The second-order valence-corrected chi connectivity index (χ2v) is 6.07. The Kier molecular flexibility index (Phi) is 5.58. The van der Waals surface area contributed by atoms with Crippen LogP contribution in [-0.4, -0.2) is 12.5 Å². The Labute approximate surface area is 136 Å². The maximum Gasteiger partial charge on any atom is 0.279 e. The standard InChI is InChI=1S/C18H21ClN2O/c1-12-7-8-17(9-13(12)2)21-18(22)11-20-14(3)15-5-4-6-16(19)10-15/h4-10,14,20H,11H2,1-3H3,(H,21,22)/p+1/t14-/m1/s1. The first kappa shape index (κ1) is 16.5. The van der Waals surface area contributed by atoms with Crippen LogP contribution in [0.2, 0.25) is 5.02 Å². The summed E-state index contributed by atoms with van der Waals surface area (Å²) in [6, 6.07) is 13.9. The SMILES string of the molecule is Cc1ccc(NC(=O)C[NH2+][C@H](C)c2cccc(Cl)c2)cc1C. The molecule has 22 heavy (non-hydrogen) atoms.